The van der Waals surface area contributed by atoms with E-state index in [4.69, 9.17) is 9.84 Å². The molecular weight excluding hydrogens is 397 g/mol. The van der Waals surface area contributed by atoms with E-state index in [1.807, 2.05) is 10.6 Å². The third-order valence-corrected chi connectivity index (χ3v) is 5.63. The number of carboxylic acids is 1. The van der Waals surface area contributed by atoms with Crippen molar-refractivity contribution in [2.75, 3.05) is 6.61 Å². The first-order valence-electron chi connectivity index (χ1n) is 8.91. The summed E-state index contributed by atoms with van der Waals surface area (Å²) in [5.74, 6) is -1.93. The highest BCUT2D eigenvalue weighted by Crippen LogP contribution is 2.33. The number of aromatic carboxylic acids is 1. The molecule has 2 aromatic carbocycles. The van der Waals surface area contributed by atoms with Gasteiger partial charge in [0.05, 0.1) is 24.3 Å². The first-order valence-corrected chi connectivity index (χ1v) is 9.89. The van der Waals surface area contributed by atoms with Crippen molar-refractivity contribution in [3.63, 3.8) is 0 Å². The van der Waals surface area contributed by atoms with Gasteiger partial charge in [-0.3, -0.25) is 0 Å². The molecule has 29 heavy (non-hydrogen) atoms. The fourth-order valence-electron chi connectivity index (χ4n) is 3.14. The number of fused-ring (bicyclic) bond motifs is 1. The Bertz CT molecular complexity index is 1090. The second kappa shape index (κ2) is 8.67. The van der Waals surface area contributed by atoms with Gasteiger partial charge >= 0.3 is 11.9 Å². The Balaban J connectivity index is 2.06. The van der Waals surface area contributed by atoms with E-state index in [1.165, 1.54) is 12.1 Å². The number of carbonyl (C=O) groups is 2. The largest absolute Gasteiger partial charge is 0.478 e. The molecule has 0 unspecified atom stereocenters. The van der Waals surface area contributed by atoms with Crippen molar-refractivity contribution in [1.29, 1.82) is 0 Å². The van der Waals surface area contributed by atoms with Gasteiger partial charge in [0.25, 0.3) is 0 Å². The number of aliphatic hydroxyl groups excluding tert-OH is 1. The predicted octanol–water partition coefficient (Wildman–Crippen LogP) is 3.98. The smallest absolute Gasteiger partial charge is 0.340 e. The first kappa shape index (κ1) is 20.9. The van der Waals surface area contributed by atoms with Gasteiger partial charge in [-0.25, -0.2) is 14.0 Å². The van der Waals surface area contributed by atoms with E-state index >= 15 is 0 Å². The molecule has 0 saturated heterocycles. The van der Waals surface area contributed by atoms with Gasteiger partial charge in [-0.05, 0) is 42.8 Å². The average Bonchev–Trinajstić information content (AvgIpc) is 2.98. The van der Waals surface area contributed by atoms with Crippen LogP contribution in [0.1, 0.15) is 38.9 Å². The third kappa shape index (κ3) is 4.13. The molecule has 8 heteroatoms. The number of aliphatic hydroxyl groups is 1. The van der Waals surface area contributed by atoms with Crippen molar-refractivity contribution >= 4 is 34.6 Å². The number of benzene rings is 2. The number of ether oxygens (including phenoxy) is 1. The Morgan fingerprint density at radius 3 is 2.62 bits per heavy atom. The van der Waals surface area contributed by atoms with Gasteiger partial charge in [0.15, 0.2) is 0 Å². The number of nitrogens with zero attached hydrogens (tertiary/aromatic N) is 1. The number of halogens is 1. The summed E-state index contributed by atoms with van der Waals surface area (Å²) in [6, 6.07) is 8.92. The van der Waals surface area contributed by atoms with Gasteiger partial charge in [-0.1, -0.05) is 6.07 Å². The van der Waals surface area contributed by atoms with Gasteiger partial charge in [0, 0.05) is 34.3 Å². The fourth-order valence-corrected chi connectivity index (χ4v) is 4.18. The van der Waals surface area contributed by atoms with Crippen LogP contribution in [0, 0.1) is 5.82 Å². The van der Waals surface area contributed by atoms with Crippen LogP contribution in [0.2, 0.25) is 0 Å². The Labute approximate surface area is 170 Å². The molecule has 3 rings (SSSR count). The van der Waals surface area contributed by atoms with Gasteiger partial charge in [-0.15, -0.1) is 11.8 Å². The summed E-state index contributed by atoms with van der Waals surface area (Å²) >= 11 is 1.10. The van der Waals surface area contributed by atoms with Crippen LogP contribution in [0.4, 0.5) is 4.39 Å². The number of aromatic nitrogens is 1. The Kier molecular flexibility index (Phi) is 6.24. The minimum atomic E-state index is -1.14. The first-order chi connectivity index (χ1) is 13.9. The van der Waals surface area contributed by atoms with E-state index in [-0.39, 0.29) is 29.4 Å². The summed E-state index contributed by atoms with van der Waals surface area (Å²) in [7, 11) is 1.80. The maximum atomic E-state index is 14.2. The zero-order valence-electron chi connectivity index (χ0n) is 15.9. The highest BCUT2D eigenvalue weighted by Gasteiger charge is 2.23. The van der Waals surface area contributed by atoms with E-state index in [9.17, 15) is 19.1 Å². The van der Waals surface area contributed by atoms with Crippen molar-refractivity contribution in [2.45, 2.75) is 24.2 Å². The SMILES string of the molecule is CCOC(=O)c1c(CSc2cc(C(=O)O)ccc2F)n(C)c2ccc(CO)cc12. The zero-order valence-corrected chi connectivity index (χ0v) is 16.8. The molecule has 152 valence electrons. The number of aryl methyl sites for hydroxylation is 1. The summed E-state index contributed by atoms with van der Waals surface area (Å²) in [6.07, 6.45) is 0. The molecule has 0 bridgehead atoms. The van der Waals surface area contributed by atoms with Crippen molar-refractivity contribution in [3.05, 3.63) is 64.6 Å². The van der Waals surface area contributed by atoms with Crippen LogP contribution in [-0.2, 0) is 24.1 Å². The number of rotatable bonds is 7. The topological polar surface area (TPSA) is 88.8 Å². The van der Waals surface area contributed by atoms with Crippen molar-refractivity contribution in [1.82, 2.24) is 4.57 Å². The molecule has 0 aliphatic rings. The average molecular weight is 417 g/mol. The third-order valence-electron chi connectivity index (χ3n) is 4.59. The van der Waals surface area contributed by atoms with Crippen molar-refractivity contribution in [3.8, 4) is 0 Å². The van der Waals surface area contributed by atoms with Crippen molar-refractivity contribution < 1.29 is 28.9 Å². The van der Waals surface area contributed by atoms with Crippen LogP contribution in [0.5, 0.6) is 0 Å². The number of esters is 1. The van der Waals surface area contributed by atoms with Crippen LogP contribution in [0.3, 0.4) is 0 Å². The molecule has 3 aromatic rings. The highest BCUT2D eigenvalue weighted by atomic mass is 32.2. The lowest BCUT2D eigenvalue weighted by Crippen LogP contribution is -2.08. The standard InChI is InChI=1S/C21H20FNO5S/c1-3-28-21(27)19-14-8-12(10-24)4-7-16(14)23(2)17(19)11-29-18-9-13(20(25)26)5-6-15(18)22/h4-9,24H,3,10-11H2,1-2H3,(H,25,26). The molecule has 0 amide bonds. The van der Waals surface area contributed by atoms with Gasteiger partial charge in [0.1, 0.15) is 5.82 Å². The molecule has 6 nitrogen and oxygen atoms in total. The summed E-state index contributed by atoms with van der Waals surface area (Å²) in [5, 5.41) is 19.2. The summed E-state index contributed by atoms with van der Waals surface area (Å²) in [4.78, 5) is 24.0. The molecule has 2 N–H and O–H groups in total. The molecule has 1 aromatic heterocycles. The molecule has 0 spiro atoms. The quantitative estimate of drug-likeness (QED) is 0.447. The second-order valence-electron chi connectivity index (χ2n) is 6.35. The van der Waals surface area contributed by atoms with Crippen molar-refractivity contribution in [2.24, 2.45) is 7.05 Å². The Morgan fingerprint density at radius 2 is 1.97 bits per heavy atom. The van der Waals surface area contributed by atoms with E-state index < -0.39 is 17.8 Å². The minimum Gasteiger partial charge on any atom is -0.478 e. The van der Waals surface area contributed by atoms with E-state index in [0.29, 0.717) is 22.2 Å². The van der Waals surface area contributed by atoms with Crippen LogP contribution in [-0.4, -0.2) is 33.3 Å². The van der Waals surface area contributed by atoms with E-state index in [1.54, 1.807) is 26.1 Å². The molecule has 1 heterocycles. The number of carboxylic acid groups (broad SMARTS) is 1. The highest BCUT2D eigenvalue weighted by molar-refractivity contribution is 7.98. The normalized spacial score (nSPS) is 11.0. The Hall–Kier alpha value is -2.84. The zero-order chi connectivity index (χ0) is 21.1. The second-order valence-corrected chi connectivity index (χ2v) is 7.37. The molecule has 0 atom stereocenters. The number of hydrogen-bond donors (Lipinski definition) is 2. The van der Waals surface area contributed by atoms with Crippen LogP contribution in [0.15, 0.2) is 41.3 Å². The summed E-state index contributed by atoms with van der Waals surface area (Å²) in [6.45, 7) is 1.75. The molecule has 0 radical (unpaired) electrons. The maximum absolute atomic E-state index is 14.2. The van der Waals surface area contributed by atoms with E-state index in [2.05, 4.69) is 0 Å². The lowest BCUT2D eigenvalue weighted by atomic mass is 10.1. The van der Waals surface area contributed by atoms with Crippen LogP contribution < -0.4 is 0 Å². The van der Waals surface area contributed by atoms with Gasteiger partial charge in [-0.2, -0.15) is 0 Å². The number of thioether (sulfide) groups is 1. The molecular formula is C21H20FNO5S. The van der Waals surface area contributed by atoms with Gasteiger partial charge in [0.2, 0.25) is 0 Å². The molecule has 0 aliphatic carbocycles. The Morgan fingerprint density at radius 1 is 1.21 bits per heavy atom. The van der Waals surface area contributed by atoms with Crippen LogP contribution in [0.25, 0.3) is 10.9 Å². The summed E-state index contributed by atoms with van der Waals surface area (Å²) < 4.78 is 21.2. The van der Waals surface area contributed by atoms with Gasteiger partial charge < -0.3 is 19.5 Å². The lowest BCUT2D eigenvalue weighted by molar-refractivity contribution is 0.0527. The summed E-state index contributed by atoms with van der Waals surface area (Å²) in [5.41, 5.74) is 2.42. The predicted molar refractivity (Wildman–Crippen MR) is 108 cm³/mol. The minimum absolute atomic E-state index is 0.0100. The fraction of sp³-hybridized carbons (Fsp3) is 0.238. The monoisotopic (exact) mass is 417 g/mol. The number of carbonyl (C=O) groups excluding carboxylic acids is 1. The molecule has 0 aliphatic heterocycles. The molecule has 0 saturated carbocycles. The number of hydrogen-bond acceptors (Lipinski definition) is 5. The van der Waals surface area contributed by atoms with E-state index in [0.717, 1.165) is 23.3 Å². The molecule has 0 fully saturated rings. The lowest BCUT2D eigenvalue weighted by Gasteiger charge is -2.09. The van der Waals surface area contributed by atoms with Crippen LogP contribution >= 0.6 is 11.8 Å². The maximum Gasteiger partial charge on any atom is 0.340 e.